The van der Waals surface area contributed by atoms with Gasteiger partial charge in [0.1, 0.15) is 16.7 Å². The smallest absolute Gasteiger partial charge is 0.227 e. The molecule has 0 bridgehead atoms. The quantitative estimate of drug-likeness (QED) is 0.174. The molecule has 0 atom stereocenters. The third-order valence-electron chi connectivity index (χ3n) is 10.8. The van der Waals surface area contributed by atoms with Gasteiger partial charge in [0.2, 0.25) is 5.89 Å². The lowest BCUT2D eigenvalue weighted by Gasteiger charge is -2.13. The molecule has 57 heavy (non-hydrogen) atoms. The first-order chi connectivity index (χ1) is 28.2. The summed E-state index contributed by atoms with van der Waals surface area (Å²) in [5, 5.41) is 6.15. The number of rotatable bonds is 5. The average molecular weight is 749 g/mol. The van der Waals surface area contributed by atoms with Crippen LogP contribution in [0.3, 0.4) is 0 Å². The predicted molar refractivity (Wildman–Crippen MR) is 232 cm³/mol. The van der Waals surface area contributed by atoms with Gasteiger partial charge >= 0.3 is 0 Å². The molecular formula is C50H28N4O2S. The van der Waals surface area contributed by atoms with Crippen molar-refractivity contribution >= 4 is 75.3 Å². The van der Waals surface area contributed by atoms with Crippen molar-refractivity contribution < 1.29 is 8.83 Å². The number of thiophene rings is 1. The van der Waals surface area contributed by atoms with E-state index in [1.807, 2.05) is 66.7 Å². The SMILES string of the molecule is c1ccc(-c2cc(-c3nc(-c4cc5nc(-c6ccccc6)oc5c5ccccc45)nc(-c4cccc5sc6ccccc6c45)n3)c3c(c2)oc2ccccc23)cc1. The standard InChI is InChI=1S/C50H28N4O2S/c1-3-14-29(15-4-1)31-26-38(44-34-20-9-11-23-40(34)55-41(44)27-31)49-53-47(36-22-13-25-43-45(36)35-21-10-12-24-42(35)57-43)52-48(54-49)37-28-39-46(33-19-8-7-18-32(33)37)56-50(51-39)30-16-5-2-6-17-30/h1-28H. The van der Waals surface area contributed by atoms with Crippen molar-refractivity contribution in [3.63, 3.8) is 0 Å². The van der Waals surface area contributed by atoms with Crippen LogP contribution in [0.2, 0.25) is 0 Å². The molecule has 6 nitrogen and oxygen atoms in total. The summed E-state index contributed by atoms with van der Waals surface area (Å²) in [4.78, 5) is 21.2. The molecule has 7 heteroatoms. The van der Waals surface area contributed by atoms with Crippen LogP contribution in [0.4, 0.5) is 0 Å². The fourth-order valence-electron chi connectivity index (χ4n) is 8.17. The van der Waals surface area contributed by atoms with E-state index in [1.54, 1.807) is 11.3 Å². The van der Waals surface area contributed by atoms with Gasteiger partial charge in [0.05, 0.1) is 0 Å². The Kier molecular flexibility index (Phi) is 7.00. The van der Waals surface area contributed by atoms with Gasteiger partial charge in [-0.3, -0.25) is 0 Å². The lowest BCUT2D eigenvalue weighted by molar-refractivity contribution is 0.623. The largest absolute Gasteiger partial charge is 0.456 e. The highest BCUT2D eigenvalue weighted by Crippen LogP contribution is 2.43. The van der Waals surface area contributed by atoms with Crippen LogP contribution in [0, 0.1) is 0 Å². The average Bonchev–Trinajstić information content (AvgIpc) is 4.00. The Morgan fingerprint density at radius 3 is 1.81 bits per heavy atom. The number of oxazole rings is 1. The van der Waals surface area contributed by atoms with E-state index < -0.39 is 0 Å². The molecule has 12 aromatic rings. The second-order valence-electron chi connectivity index (χ2n) is 14.1. The zero-order chi connectivity index (χ0) is 37.5. The van der Waals surface area contributed by atoms with Gasteiger partial charge in [-0.2, -0.15) is 0 Å². The van der Waals surface area contributed by atoms with Gasteiger partial charge in [-0.15, -0.1) is 11.3 Å². The molecule has 0 aliphatic carbocycles. The lowest BCUT2D eigenvalue weighted by Crippen LogP contribution is -2.01. The summed E-state index contributed by atoms with van der Waals surface area (Å²) in [6.07, 6.45) is 0. The first-order valence-corrected chi connectivity index (χ1v) is 19.6. The lowest BCUT2D eigenvalue weighted by atomic mass is 9.98. The normalized spacial score (nSPS) is 11.9. The minimum Gasteiger partial charge on any atom is -0.456 e. The number of para-hydroxylation sites is 1. The Hall–Kier alpha value is -7.48. The Bertz CT molecular complexity index is 3530. The molecule has 0 N–H and O–H groups in total. The molecule has 0 fully saturated rings. The van der Waals surface area contributed by atoms with E-state index in [9.17, 15) is 0 Å². The molecule has 0 unspecified atom stereocenters. The number of hydrogen-bond donors (Lipinski definition) is 0. The molecule has 4 aromatic heterocycles. The van der Waals surface area contributed by atoms with Crippen molar-refractivity contribution in [2.24, 2.45) is 0 Å². The zero-order valence-corrected chi connectivity index (χ0v) is 31.0. The summed E-state index contributed by atoms with van der Waals surface area (Å²) in [7, 11) is 0. The van der Waals surface area contributed by atoms with Crippen LogP contribution in [0.5, 0.6) is 0 Å². The monoisotopic (exact) mass is 748 g/mol. The van der Waals surface area contributed by atoms with Gasteiger partial charge in [-0.25, -0.2) is 19.9 Å². The molecule has 0 aliphatic rings. The van der Waals surface area contributed by atoms with Crippen LogP contribution in [0.25, 0.3) is 121 Å². The molecular weight excluding hydrogens is 721 g/mol. The van der Waals surface area contributed by atoms with Crippen molar-refractivity contribution in [1.29, 1.82) is 0 Å². The topological polar surface area (TPSA) is 77.8 Å². The molecule has 0 aliphatic heterocycles. The Labute approximate surface area is 329 Å². The summed E-state index contributed by atoms with van der Waals surface area (Å²) in [6, 6.07) is 58.0. The van der Waals surface area contributed by atoms with Crippen LogP contribution in [-0.2, 0) is 0 Å². The number of hydrogen-bond acceptors (Lipinski definition) is 7. The van der Waals surface area contributed by atoms with Crippen molar-refractivity contribution in [1.82, 2.24) is 19.9 Å². The summed E-state index contributed by atoms with van der Waals surface area (Å²) < 4.78 is 15.4. The highest BCUT2D eigenvalue weighted by Gasteiger charge is 2.23. The highest BCUT2D eigenvalue weighted by molar-refractivity contribution is 7.25. The van der Waals surface area contributed by atoms with Crippen LogP contribution in [0.15, 0.2) is 179 Å². The number of fused-ring (bicyclic) bond motifs is 9. The first-order valence-electron chi connectivity index (χ1n) is 18.8. The fraction of sp³-hybridized carbons (Fsp3) is 0. The molecule has 0 saturated carbocycles. The zero-order valence-electron chi connectivity index (χ0n) is 30.2. The number of aromatic nitrogens is 4. The molecule has 0 amide bonds. The van der Waals surface area contributed by atoms with Gasteiger partial charge in [0, 0.05) is 58.6 Å². The Morgan fingerprint density at radius 1 is 0.368 bits per heavy atom. The molecule has 0 radical (unpaired) electrons. The van der Waals surface area contributed by atoms with E-state index >= 15 is 0 Å². The van der Waals surface area contributed by atoms with E-state index in [1.165, 1.54) is 14.8 Å². The maximum Gasteiger partial charge on any atom is 0.227 e. The van der Waals surface area contributed by atoms with Gasteiger partial charge in [-0.1, -0.05) is 121 Å². The van der Waals surface area contributed by atoms with Gasteiger partial charge in [0.25, 0.3) is 0 Å². The van der Waals surface area contributed by atoms with Crippen LogP contribution in [-0.4, -0.2) is 19.9 Å². The van der Waals surface area contributed by atoms with E-state index in [2.05, 4.69) is 103 Å². The number of furan rings is 1. The van der Waals surface area contributed by atoms with Gasteiger partial charge in [-0.05, 0) is 65.0 Å². The van der Waals surface area contributed by atoms with E-state index in [0.29, 0.717) is 23.4 Å². The minimum absolute atomic E-state index is 0.542. The highest BCUT2D eigenvalue weighted by atomic mass is 32.1. The molecule has 8 aromatic carbocycles. The first kappa shape index (κ1) is 31.8. The van der Waals surface area contributed by atoms with Crippen LogP contribution in [0.1, 0.15) is 0 Å². The van der Waals surface area contributed by atoms with Crippen LogP contribution < -0.4 is 0 Å². The fourth-order valence-corrected chi connectivity index (χ4v) is 9.30. The minimum atomic E-state index is 0.542. The summed E-state index contributed by atoms with van der Waals surface area (Å²) >= 11 is 1.78. The second-order valence-corrected chi connectivity index (χ2v) is 15.2. The van der Waals surface area contributed by atoms with Crippen molar-refractivity contribution in [2.45, 2.75) is 0 Å². The van der Waals surface area contributed by atoms with Crippen molar-refractivity contribution in [3.05, 3.63) is 170 Å². The Morgan fingerprint density at radius 2 is 1.00 bits per heavy atom. The summed E-state index contributed by atoms with van der Waals surface area (Å²) in [5.41, 5.74) is 8.66. The second kappa shape index (κ2) is 12.5. The molecule has 0 spiro atoms. The van der Waals surface area contributed by atoms with E-state index in [-0.39, 0.29) is 0 Å². The summed E-state index contributed by atoms with van der Waals surface area (Å²) in [6.45, 7) is 0. The molecule has 12 rings (SSSR count). The van der Waals surface area contributed by atoms with Crippen LogP contribution >= 0.6 is 11.3 Å². The van der Waals surface area contributed by atoms with Crippen molar-refractivity contribution in [2.75, 3.05) is 0 Å². The third kappa shape index (κ3) is 5.10. The number of benzene rings is 8. The molecule has 4 heterocycles. The van der Waals surface area contributed by atoms with Gasteiger partial charge < -0.3 is 8.83 Å². The maximum atomic E-state index is 6.56. The third-order valence-corrected chi connectivity index (χ3v) is 11.9. The Balaban J connectivity index is 1.19. The van der Waals surface area contributed by atoms with Gasteiger partial charge in [0.15, 0.2) is 23.1 Å². The van der Waals surface area contributed by atoms with E-state index in [4.69, 9.17) is 28.8 Å². The molecule has 266 valence electrons. The number of nitrogens with zero attached hydrogens (tertiary/aromatic N) is 4. The predicted octanol–water partition coefficient (Wildman–Crippen LogP) is 13.8. The van der Waals surface area contributed by atoms with E-state index in [0.717, 1.165) is 82.6 Å². The van der Waals surface area contributed by atoms with Crippen molar-refractivity contribution in [3.8, 4) is 56.7 Å². The summed E-state index contributed by atoms with van der Waals surface area (Å²) in [5.74, 6) is 2.24. The maximum absolute atomic E-state index is 6.56. The molecule has 0 saturated heterocycles.